The van der Waals surface area contributed by atoms with E-state index < -0.39 is 0 Å². The number of aromatic nitrogens is 3. The predicted molar refractivity (Wildman–Crippen MR) is 126 cm³/mol. The standard InChI is InChI=1S/C25H30N4O3S/c30-23(28(17-21-13-7-15-31-21)19-9-3-1-4-10-19)18-33-25-27-26-24(22-14-8-16-32-22)29(25)20-11-5-2-6-12-20/h7-9,13-16,20H,1-6,10-12,17-18H2. The molecule has 3 aromatic heterocycles. The second-order valence-electron chi connectivity index (χ2n) is 8.73. The average Bonchev–Trinajstić information content (AvgIpc) is 3.64. The van der Waals surface area contributed by atoms with Crippen molar-refractivity contribution >= 4 is 17.7 Å². The van der Waals surface area contributed by atoms with Crippen molar-refractivity contribution in [3.05, 3.63) is 54.3 Å². The number of furan rings is 2. The van der Waals surface area contributed by atoms with Crippen LogP contribution in [0.3, 0.4) is 0 Å². The fraction of sp³-hybridized carbons (Fsp3) is 0.480. The Kier molecular flexibility index (Phi) is 7.00. The van der Waals surface area contributed by atoms with Gasteiger partial charge in [0.2, 0.25) is 11.7 Å². The van der Waals surface area contributed by atoms with Crippen molar-refractivity contribution in [3.8, 4) is 11.6 Å². The topological polar surface area (TPSA) is 77.3 Å². The number of amides is 1. The van der Waals surface area contributed by atoms with Crippen molar-refractivity contribution in [2.24, 2.45) is 0 Å². The molecule has 0 N–H and O–H groups in total. The molecule has 5 rings (SSSR count). The van der Waals surface area contributed by atoms with E-state index in [1.165, 1.54) is 37.4 Å². The minimum atomic E-state index is 0.0716. The summed E-state index contributed by atoms with van der Waals surface area (Å²) in [5.41, 5.74) is 1.10. The molecule has 33 heavy (non-hydrogen) atoms. The smallest absolute Gasteiger partial charge is 0.237 e. The Bertz CT molecular complexity index is 1070. The first kappa shape index (κ1) is 22.1. The van der Waals surface area contributed by atoms with Gasteiger partial charge in [0.25, 0.3) is 0 Å². The first-order chi connectivity index (χ1) is 16.3. The normalized spacial score (nSPS) is 17.2. The molecule has 1 fully saturated rings. The van der Waals surface area contributed by atoms with Gasteiger partial charge in [0.15, 0.2) is 10.9 Å². The molecule has 0 aliphatic heterocycles. The number of hydrogen-bond acceptors (Lipinski definition) is 6. The number of rotatable bonds is 8. The maximum atomic E-state index is 13.4. The summed E-state index contributed by atoms with van der Waals surface area (Å²) in [7, 11) is 0. The molecule has 8 heteroatoms. The van der Waals surface area contributed by atoms with Crippen molar-refractivity contribution < 1.29 is 13.6 Å². The van der Waals surface area contributed by atoms with Crippen molar-refractivity contribution in [3.63, 3.8) is 0 Å². The van der Waals surface area contributed by atoms with Gasteiger partial charge in [-0.15, -0.1) is 10.2 Å². The van der Waals surface area contributed by atoms with Crippen LogP contribution in [0.5, 0.6) is 0 Å². The van der Waals surface area contributed by atoms with Crippen LogP contribution in [0.1, 0.15) is 69.6 Å². The number of allylic oxidation sites excluding steroid dienone is 2. The molecule has 1 amide bonds. The van der Waals surface area contributed by atoms with Gasteiger partial charge in [0, 0.05) is 11.7 Å². The lowest BCUT2D eigenvalue weighted by Crippen LogP contribution is -2.32. The summed E-state index contributed by atoms with van der Waals surface area (Å²) in [5.74, 6) is 2.65. The molecule has 0 aromatic carbocycles. The highest BCUT2D eigenvalue weighted by Gasteiger charge is 2.27. The molecule has 0 unspecified atom stereocenters. The van der Waals surface area contributed by atoms with Crippen molar-refractivity contribution in [1.29, 1.82) is 0 Å². The van der Waals surface area contributed by atoms with E-state index in [4.69, 9.17) is 8.83 Å². The van der Waals surface area contributed by atoms with E-state index in [1.54, 1.807) is 12.5 Å². The fourth-order valence-electron chi connectivity index (χ4n) is 4.80. The molecule has 2 aliphatic rings. The SMILES string of the molecule is O=C(CSc1nnc(-c2ccco2)n1C1CCCCC1)N(Cc1ccco1)C1=CCCCC1. The number of thioether (sulfide) groups is 1. The molecule has 0 bridgehead atoms. The average molecular weight is 467 g/mol. The Hall–Kier alpha value is -2.74. The quantitative estimate of drug-likeness (QED) is 0.367. The van der Waals surface area contributed by atoms with E-state index in [-0.39, 0.29) is 5.91 Å². The van der Waals surface area contributed by atoms with E-state index >= 15 is 0 Å². The summed E-state index contributed by atoms with van der Waals surface area (Å²) in [4.78, 5) is 15.3. The molecule has 174 valence electrons. The van der Waals surface area contributed by atoms with Gasteiger partial charge in [0.1, 0.15) is 5.76 Å². The molecule has 0 saturated heterocycles. The lowest BCUT2D eigenvalue weighted by atomic mass is 9.95. The molecule has 1 saturated carbocycles. The van der Waals surface area contributed by atoms with Crippen LogP contribution in [0.25, 0.3) is 11.6 Å². The van der Waals surface area contributed by atoms with Crippen LogP contribution in [0.4, 0.5) is 0 Å². The Labute approximate surface area is 198 Å². The van der Waals surface area contributed by atoms with E-state index in [2.05, 4.69) is 20.8 Å². The monoisotopic (exact) mass is 466 g/mol. The van der Waals surface area contributed by atoms with Gasteiger partial charge in [-0.1, -0.05) is 37.1 Å². The highest BCUT2D eigenvalue weighted by molar-refractivity contribution is 7.99. The largest absolute Gasteiger partial charge is 0.467 e. The summed E-state index contributed by atoms with van der Waals surface area (Å²) >= 11 is 1.47. The molecule has 3 heterocycles. The van der Waals surface area contributed by atoms with E-state index in [9.17, 15) is 4.79 Å². The van der Waals surface area contributed by atoms with Gasteiger partial charge < -0.3 is 13.7 Å². The van der Waals surface area contributed by atoms with Crippen LogP contribution in [0.15, 0.2) is 62.6 Å². The Morgan fingerprint density at radius 1 is 1.06 bits per heavy atom. The summed E-state index contributed by atoms with van der Waals surface area (Å²) in [6.07, 6.45) is 15.6. The summed E-state index contributed by atoms with van der Waals surface area (Å²) in [6, 6.07) is 7.92. The predicted octanol–water partition coefficient (Wildman–Crippen LogP) is 6.22. The van der Waals surface area contributed by atoms with Crippen LogP contribution in [-0.4, -0.2) is 31.3 Å². The number of carbonyl (C=O) groups is 1. The molecule has 7 nitrogen and oxygen atoms in total. The van der Waals surface area contributed by atoms with E-state index in [0.29, 0.717) is 18.3 Å². The third kappa shape index (κ3) is 5.11. The minimum Gasteiger partial charge on any atom is -0.467 e. The van der Waals surface area contributed by atoms with Crippen molar-refractivity contribution in [1.82, 2.24) is 19.7 Å². The van der Waals surface area contributed by atoms with E-state index in [1.807, 2.05) is 29.2 Å². The first-order valence-electron chi connectivity index (χ1n) is 11.9. The number of hydrogen-bond donors (Lipinski definition) is 0. The fourth-order valence-corrected chi connectivity index (χ4v) is 5.68. The Balaban J connectivity index is 1.36. The summed E-state index contributed by atoms with van der Waals surface area (Å²) in [6.45, 7) is 0.463. The van der Waals surface area contributed by atoms with E-state index in [0.717, 1.165) is 60.3 Å². The highest BCUT2D eigenvalue weighted by Crippen LogP contribution is 2.36. The third-order valence-electron chi connectivity index (χ3n) is 6.48. The van der Waals surface area contributed by atoms with Crippen molar-refractivity contribution in [2.75, 3.05) is 5.75 Å². The molecular formula is C25H30N4O3S. The van der Waals surface area contributed by atoms with Gasteiger partial charge in [-0.3, -0.25) is 9.36 Å². The molecule has 3 aromatic rings. The lowest BCUT2D eigenvalue weighted by Gasteiger charge is -2.27. The maximum Gasteiger partial charge on any atom is 0.237 e. The molecule has 2 aliphatic carbocycles. The van der Waals surface area contributed by atoms with Crippen molar-refractivity contribution in [2.45, 2.75) is 75.5 Å². The molecule has 0 spiro atoms. The highest BCUT2D eigenvalue weighted by atomic mass is 32.2. The zero-order valence-corrected chi connectivity index (χ0v) is 19.6. The molecule has 0 radical (unpaired) electrons. The molecule has 0 atom stereocenters. The second kappa shape index (κ2) is 10.5. The number of nitrogens with zero attached hydrogens (tertiary/aromatic N) is 4. The van der Waals surface area contributed by atoms with Gasteiger partial charge in [0.05, 0.1) is 24.8 Å². The zero-order valence-electron chi connectivity index (χ0n) is 18.8. The first-order valence-corrected chi connectivity index (χ1v) is 12.9. The summed E-state index contributed by atoms with van der Waals surface area (Å²) < 4.78 is 13.4. The van der Waals surface area contributed by atoms with Crippen LogP contribution >= 0.6 is 11.8 Å². The number of carbonyl (C=O) groups excluding carboxylic acids is 1. The van der Waals surface area contributed by atoms with Crippen LogP contribution in [0.2, 0.25) is 0 Å². The van der Waals surface area contributed by atoms with Gasteiger partial charge in [-0.05, 0) is 62.8 Å². The Morgan fingerprint density at radius 2 is 1.91 bits per heavy atom. The lowest BCUT2D eigenvalue weighted by molar-refractivity contribution is -0.127. The van der Waals surface area contributed by atoms with Crippen LogP contribution in [0, 0.1) is 0 Å². The van der Waals surface area contributed by atoms with Gasteiger partial charge in [-0.25, -0.2) is 0 Å². The zero-order chi connectivity index (χ0) is 22.5. The minimum absolute atomic E-state index is 0.0716. The van der Waals surface area contributed by atoms with Crippen LogP contribution < -0.4 is 0 Å². The third-order valence-corrected chi connectivity index (χ3v) is 7.41. The van der Waals surface area contributed by atoms with Gasteiger partial charge >= 0.3 is 0 Å². The summed E-state index contributed by atoms with van der Waals surface area (Å²) in [5, 5.41) is 9.72. The molecular weight excluding hydrogens is 436 g/mol. The van der Waals surface area contributed by atoms with Gasteiger partial charge in [-0.2, -0.15) is 0 Å². The Morgan fingerprint density at radius 3 is 2.64 bits per heavy atom. The maximum absolute atomic E-state index is 13.4. The second-order valence-corrected chi connectivity index (χ2v) is 9.68. The van der Waals surface area contributed by atoms with Crippen LogP contribution in [-0.2, 0) is 11.3 Å².